The second kappa shape index (κ2) is 7.24. The molecule has 0 spiro atoms. The third-order valence-electron chi connectivity index (χ3n) is 3.50. The number of hydrogen-bond acceptors (Lipinski definition) is 0. The maximum atomic E-state index is 3.56. The number of rotatable bonds is 1. The van der Waals surface area contributed by atoms with Gasteiger partial charge in [-0.1, -0.05) is 54.0 Å². The van der Waals surface area contributed by atoms with Gasteiger partial charge in [0.15, 0.2) is 0 Å². The smallest absolute Gasteiger partial charge is 0.0321 e. The maximum Gasteiger partial charge on any atom is -0.0321 e. The minimum Gasteiger partial charge on any atom is -0.100 e. The van der Waals surface area contributed by atoms with Crippen LogP contribution in [0.15, 0.2) is 12.2 Å². The van der Waals surface area contributed by atoms with Crippen molar-refractivity contribution >= 4 is 0 Å². The van der Waals surface area contributed by atoms with Crippen molar-refractivity contribution < 1.29 is 0 Å². The fourth-order valence-electron chi connectivity index (χ4n) is 3.43. The molecule has 0 aliphatic heterocycles. The average molecular weight is 240 g/mol. The molecule has 1 aliphatic rings. The van der Waals surface area contributed by atoms with Crippen LogP contribution in [-0.4, -0.2) is 0 Å². The van der Waals surface area contributed by atoms with Gasteiger partial charge in [-0.05, 0) is 49.9 Å². The fraction of sp³-hybridized carbons (Fsp3) is 0.882. The second-order valence-electron chi connectivity index (χ2n) is 7.23. The fourth-order valence-corrected chi connectivity index (χ4v) is 3.43. The second-order valence-corrected chi connectivity index (χ2v) is 7.23. The average Bonchev–Trinajstić information content (AvgIpc) is 1.98. The summed E-state index contributed by atoms with van der Waals surface area (Å²) < 4.78 is 0. The molecule has 0 N–H and O–H groups in total. The van der Waals surface area contributed by atoms with E-state index in [1.165, 1.54) is 31.3 Å². The zero-order valence-corrected chi connectivity index (χ0v) is 12.6. The number of hydrogen-bond donors (Lipinski definition) is 0. The Morgan fingerprint density at radius 3 is 1.88 bits per heavy atom. The first-order chi connectivity index (χ1) is 7.10. The van der Waals surface area contributed by atoms with Crippen LogP contribution in [0.2, 0.25) is 0 Å². The van der Waals surface area contributed by atoms with E-state index in [0.29, 0.717) is 10.8 Å². The van der Waals surface area contributed by atoms with Crippen molar-refractivity contribution in [3.05, 3.63) is 12.2 Å². The van der Waals surface area contributed by atoms with Crippen LogP contribution in [-0.2, 0) is 0 Å². The van der Waals surface area contributed by atoms with E-state index < -0.39 is 0 Å². The monoisotopic (exact) mass is 240 g/mol. The number of allylic oxidation sites excluding steroid dienone is 1. The summed E-state index contributed by atoms with van der Waals surface area (Å²) in [5.41, 5.74) is 2.38. The first-order valence-electron chi connectivity index (χ1n) is 6.72. The van der Waals surface area contributed by atoms with Gasteiger partial charge in [-0.2, -0.15) is 0 Å². The highest BCUT2D eigenvalue weighted by Gasteiger charge is 2.38. The highest BCUT2D eigenvalue weighted by molar-refractivity contribution is 4.89. The molecule has 0 aromatic carbocycles. The normalized spacial score (nSPS) is 30.6. The lowest BCUT2D eigenvalue weighted by molar-refractivity contribution is 0.0582. The van der Waals surface area contributed by atoms with E-state index in [1.807, 2.05) is 13.8 Å². The molecule has 0 aromatic heterocycles. The molecule has 17 heavy (non-hydrogen) atoms. The molecule has 2 atom stereocenters. The molecule has 0 saturated heterocycles. The van der Waals surface area contributed by atoms with Crippen LogP contribution in [0.25, 0.3) is 0 Å². The van der Waals surface area contributed by atoms with E-state index in [1.54, 1.807) is 0 Å². The lowest BCUT2D eigenvalue weighted by Gasteiger charge is -2.45. The maximum absolute atomic E-state index is 3.56. The standard InChI is InChI=1S/C12H24.C4H8.CH4/c1-6-12(5)8-10(2)7-11(3,4)9-12;1-4(2)3;/h10H,6-9H2,1-5H3;1H2,2-3H3;1H4. The van der Waals surface area contributed by atoms with Crippen LogP contribution in [0.3, 0.4) is 0 Å². The Morgan fingerprint density at radius 1 is 1.18 bits per heavy atom. The molecule has 0 nitrogen and oxygen atoms in total. The largest absolute Gasteiger partial charge is 0.100 e. The van der Waals surface area contributed by atoms with Gasteiger partial charge in [0.05, 0.1) is 0 Å². The van der Waals surface area contributed by atoms with Crippen molar-refractivity contribution in [2.24, 2.45) is 16.7 Å². The molecule has 2 unspecified atom stereocenters. The summed E-state index contributed by atoms with van der Waals surface area (Å²) in [6.45, 7) is 19.6. The van der Waals surface area contributed by atoms with E-state index in [-0.39, 0.29) is 7.43 Å². The van der Waals surface area contributed by atoms with Crippen molar-refractivity contribution in [1.29, 1.82) is 0 Å². The molecule has 0 bridgehead atoms. The quantitative estimate of drug-likeness (QED) is 0.461. The molecule has 0 heteroatoms. The van der Waals surface area contributed by atoms with Crippen LogP contribution in [0.5, 0.6) is 0 Å². The zero-order chi connectivity index (χ0) is 13.0. The topological polar surface area (TPSA) is 0 Å². The van der Waals surface area contributed by atoms with Crippen LogP contribution < -0.4 is 0 Å². The van der Waals surface area contributed by atoms with Crippen molar-refractivity contribution in [3.63, 3.8) is 0 Å². The van der Waals surface area contributed by atoms with Gasteiger partial charge in [-0.15, -0.1) is 6.58 Å². The van der Waals surface area contributed by atoms with Gasteiger partial charge in [0.25, 0.3) is 0 Å². The Labute approximate surface area is 111 Å². The van der Waals surface area contributed by atoms with Gasteiger partial charge < -0.3 is 0 Å². The van der Waals surface area contributed by atoms with Crippen LogP contribution in [0.4, 0.5) is 0 Å². The Hall–Kier alpha value is -0.260. The molecule has 104 valence electrons. The molecule has 1 aliphatic carbocycles. The van der Waals surface area contributed by atoms with E-state index >= 15 is 0 Å². The van der Waals surface area contributed by atoms with Crippen molar-refractivity contribution in [2.45, 2.75) is 81.6 Å². The Morgan fingerprint density at radius 2 is 1.59 bits per heavy atom. The highest BCUT2D eigenvalue weighted by atomic mass is 14.4. The minimum atomic E-state index is 0. The first-order valence-corrected chi connectivity index (χ1v) is 6.72. The van der Waals surface area contributed by atoms with Gasteiger partial charge in [0, 0.05) is 0 Å². The summed E-state index contributed by atoms with van der Waals surface area (Å²) in [6, 6.07) is 0. The van der Waals surface area contributed by atoms with E-state index in [9.17, 15) is 0 Å². The molecular weight excluding hydrogens is 204 g/mol. The molecule has 0 amide bonds. The molecule has 1 rings (SSSR count). The van der Waals surface area contributed by atoms with Gasteiger partial charge in [0.1, 0.15) is 0 Å². The molecule has 1 saturated carbocycles. The van der Waals surface area contributed by atoms with E-state index in [4.69, 9.17) is 0 Å². The third-order valence-corrected chi connectivity index (χ3v) is 3.50. The summed E-state index contributed by atoms with van der Waals surface area (Å²) in [5.74, 6) is 0.929. The van der Waals surface area contributed by atoms with Gasteiger partial charge >= 0.3 is 0 Å². The van der Waals surface area contributed by atoms with Crippen molar-refractivity contribution in [3.8, 4) is 0 Å². The molecule has 0 aromatic rings. The lowest BCUT2D eigenvalue weighted by atomic mass is 9.60. The van der Waals surface area contributed by atoms with Crippen LogP contribution in [0, 0.1) is 16.7 Å². The zero-order valence-electron chi connectivity index (χ0n) is 12.6. The van der Waals surface area contributed by atoms with Crippen molar-refractivity contribution in [2.75, 3.05) is 0 Å². The summed E-state index contributed by atoms with van der Waals surface area (Å²) in [4.78, 5) is 0. The van der Waals surface area contributed by atoms with Gasteiger partial charge in [0.2, 0.25) is 0 Å². The minimum absolute atomic E-state index is 0. The van der Waals surface area contributed by atoms with Gasteiger partial charge in [-0.25, -0.2) is 0 Å². The van der Waals surface area contributed by atoms with Crippen LogP contribution in [0.1, 0.15) is 81.6 Å². The molecule has 1 fully saturated rings. The van der Waals surface area contributed by atoms with E-state index in [0.717, 1.165) is 5.92 Å². The SMILES string of the molecule is C.C=C(C)C.CCC1(C)CC(C)CC(C)(C)C1. The Bertz CT molecular complexity index is 220. The first kappa shape index (κ1) is 19.1. The van der Waals surface area contributed by atoms with E-state index in [2.05, 4.69) is 41.2 Å². The Kier molecular flexibility index (Phi) is 8.12. The highest BCUT2D eigenvalue weighted by Crippen LogP contribution is 2.49. The predicted molar refractivity (Wildman–Crippen MR) is 82.4 cm³/mol. The third kappa shape index (κ3) is 8.46. The molecule has 0 radical (unpaired) electrons. The summed E-state index contributed by atoms with van der Waals surface area (Å²) in [6.07, 6.45) is 5.62. The predicted octanol–water partition coefficient (Wildman–Crippen LogP) is 6.47. The molecule has 0 heterocycles. The lowest BCUT2D eigenvalue weighted by Crippen LogP contribution is -2.34. The Balaban J connectivity index is 0. The van der Waals surface area contributed by atoms with Gasteiger partial charge in [-0.3, -0.25) is 0 Å². The van der Waals surface area contributed by atoms with Crippen molar-refractivity contribution in [1.82, 2.24) is 0 Å². The summed E-state index contributed by atoms with van der Waals surface area (Å²) in [7, 11) is 0. The molecular formula is C17H36. The summed E-state index contributed by atoms with van der Waals surface area (Å²) in [5, 5.41) is 0. The summed E-state index contributed by atoms with van der Waals surface area (Å²) >= 11 is 0. The van der Waals surface area contributed by atoms with Crippen LogP contribution >= 0.6 is 0 Å².